The number of anilines is 3. The van der Waals surface area contributed by atoms with Gasteiger partial charge in [-0.05, 0) is 113 Å². The Morgan fingerprint density at radius 3 is 1.38 bits per heavy atom. The van der Waals surface area contributed by atoms with E-state index in [4.69, 9.17) is 0 Å². The second-order valence-electron chi connectivity index (χ2n) is 14.0. The molecule has 0 spiro atoms. The summed E-state index contributed by atoms with van der Waals surface area (Å²) in [6.07, 6.45) is 0.956. The summed E-state index contributed by atoms with van der Waals surface area (Å²) in [6.45, 7) is 0. The third-order valence-electron chi connectivity index (χ3n) is 11.2. The minimum absolute atomic E-state index is 0.956. The molecule has 2 aliphatic rings. The minimum atomic E-state index is 0.956. The van der Waals surface area contributed by atoms with E-state index < -0.39 is 0 Å². The molecule has 0 amide bonds. The lowest BCUT2D eigenvalue weighted by atomic mass is 9.82. The van der Waals surface area contributed by atoms with Gasteiger partial charge in [-0.15, -0.1) is 0 Å². The Hall–Kier alpha value is -6.70. The molecule has 0 atom stereocenters. The summed E-state index contributed by atoms with van der Waals surface area (Å²) in [7, 11) is 0. The lowest BCUT2D eigenvalue weighted by Crippen LogP contribution is -2.18. The average Bonchev–Trinajstić information content (AvgIpc) is 3.54. The number of hydrogen-bond donors (Lipinski definition) is 0. The second-order valence-corrected chi connectivity index (χ2v) is 14.0. The molecule has 0 fully saturated rings. The van der Waals surface area contributed by atoms with Crippen LogP contribution < -0.4 is 4.90 Å². The lowest BCUT2D eigenvalue weighted by molar-refractivity contribution is 1.09. The quantitative estimate of drug-likeness (QED) is 0.182. The average molecular weight is 660 g/mol. The Bertz CT molecular complexity index is 2710. The van der Waals surface area contributed by atoms with Crippen molar-refractivity contribution >= 4 is 38.6 Å². The molecule has 9 aromatic carbocycles. The van der Waals surface area contributed by atoms with Crippen molar-refractivity contribution < 1.29 is 0 Å². The monoisotopic (exact) mass is 659 g/mol. The van der Waals surface area contributed by atoms with Crippen LogP contribution in [0.2, 0.25) is 0 Å². The van der Waals surface area contributed by atoms with Gasteiger partial charge >= 0.3 is 0 Å². The van der Waals surface area contributed by atoms with Gasteiger partial charge < -0.3 is 4.90 Å². The molecule has 11 rings (SSSR count). The Labute approximate surface area is 303 Å². The number of hydrogen-bond acceptors (Lipinski definition) is 1. The summed E-state index contributed by atoms with van der Waals surface area (Å²) >= 11 is 0. The summed E-state index contributed by atoms with van der Waals surface area (Å²) in [4.78, 5) is 2.42. The Morgan fingerprint density at radius 2 is 0.788 bits per heavy atom. The van der Waals surface area contributed by atoms with E-state index in [1.807, 2.05) is 0 Å². The summed E-state index contributed by atoms with van der Waals surface area (Å²) in [5.74, 6) is 0. The molecule has 1 aliphatic carbocycles. The van der Waals surface area contributed by atoms with Crippen LogP contribution >= 0.6 is 0 Å². The molecule has 0 bridgehead atoms. The maximum atomic E-state index is 2.42. The first-order valence-corrected chi connectivity index (χ1v) is 18.2. The zero-order valence-corrected chi connectivity index (χ0v) is 28.6. The van der Waals surface area contributed by atoms with Crippen molar-refractivity contribution in [3.8, 4) is 55.6 Å². The fourth-order valence-electron chi connectivity index (χ4n) is 9.02. The van der Waals surface area contributed by atoms with E-state index in [0.717, 1.165) is 6.42 Å². The van der Waals surface area contributed by atoms with Gasteiger partial charge in [-0.2, -0.15) is 0 Å². The summed E-state index contributed by atoms with van der Waals surface area (Å²) < 4.78 is 0. The first-order chi connectivity index (χ1) is 25.8. The fourth-order valence-corrected chi connectivity index (χ4v) is 9.02. The van der Waals surface area contributed by atoms with E-state index >= 15 is 0 Å². The van der Waals surface area contributed by atoms with Crippen molar-refractivity contribution in [1.82, 2.24) is 0 Å². The van der Waals surface area contributed by atoms with Gasteiger partial charge in [0, 0.05) is 23.5 Å². The van der Waals surface area contributed by atoms with Crippen LogP contribution in [-0.4, -0.2) is 0 Å². The SMILES string of the molecule is c1ccc(-c2c3c(c(-c4ccccc4)c4ccccc24)-c2ccc(-c4ccc(N5c6ccccc6Cc6ccccc65)cc4)c4cccc-3c24)cc1. The molecule has 0 radical (unpaired) electrons. The molecule has 1 nitrogen and oxygen atoms in total. The summed E-state index contributed by atoms with van der Waals surface area (Å²) in [5, 5.41) is 5.19. The topological polar surface area (TPSA) is 3.24 Å². The van der Waals surface area contributed by atoms with Gasteiger partial charge in [0.1, 0.15) is 0 Å². The van der Waals surface area contributed by atoms with Gasteiger partial charge in [0.15, 0.2) is 0 Å². The number of para-hydroxylation sites is 2. The van der Waals surface area contributed by atoms with Crippen LogP contribution in [0.25, 0.3) is 77.2 Å². The highest BCUT2D eigenvalue weighted by Crippen LogP contribution is 2.58. The first-order valence-electron chi connectivity index (χ1n) is 18.2. The second kappa shape index (κ2) is 11.4. The molecule has 0 aromatic heterocycles. The van der Waals surface area contributed by atoms with E-state index in [2.05, 4.69) is 193 Å². The first kappa shape index (κ1) is 29.1. The van der Waals surface area contributed by atoms with Crippen molar-refractivity contribution in [2.45, 2.75) is 6.42 Å². The predicted molar refractivity (Wildman–Crippen MR) is 220 cm³/mol. The summed E-state index contributed by atoms with van der Waals surface area (Å²) in [5.41, 5.74) is 19.3. The molecule has 0 saturated carbocycles. The van der Waals surface area contributed by atoms with Crippen LogP contribution in [0.1, 0.15) is 11.1 Å². The Balaban J connectivity index is 1.13. The smallest absolute Gasteiger partial charge is 0.0497 e. The number of fused-ring (bicyclic) bond motifs is 6. The molecule has 0 N–H and O–H groups in total. The van der Waals surface area contributed by atoms with Crippen LogP contribution in [0.3, 0.4) is 0 Å². The van der Waals surface area contributed by atoms with Crippen LogP contribution in [0.15, 0.2) is 188 Å². The summed E-state index contributed by atoms with van der Waals surface area (Å²) in [6, 6.07) is 69.3. The fraction of sp³-hybridized carbons (Fsp3) is 0.0196. The van der Waals surface area contributed by atoms with Gasteiger partial charge in [0.2, 0.25) is 0 Å². The van der Waals surface area contributed by atoms with E-state index in [0.29, 0.717) is 0 Å². The number of benzene rings is 9. The van der Waals surface area contributed by atoms with E-state index in [1.54, 1.807) is 0 Å². The van der Waals surface area contributed by atoms with Crippen molar-refractivity contribution in [2.24, 2.45) is 0 Å². The van der Waals surface area contributed by atoms with Gasteiger partial charge in [-0.3, -0.25) is 0 Å². The molecule has 0 unspecified atom stereocenters. The van der Waals surface area contributed by atoms with Crippen LogP contribution in [0, 0.1) is 0 Å². The van der Waals surface area contributed by atoms with Crippen molar-refractivity contribution in [1.29, 1.82) is 0 Å². The highest BCUT2D eigenvalue weighted by molar-refractivity contribution is 6.28. The Kier molecular flexibility index (Phi) is 6.38. The predicted octanol–water partition coefficient (Wildman–Crippen LogP) is 14.0. The van der Waals surface area contributed by atoms with E-state index in [9.17, 15) is 0 Å². The Morgan fingerprint density at radius 1 is 0.308 bits per heavy atom. The zero-order valence-electron chi connectivity index (χ0n) is 28.6. The third kappa shape index (κ3) is 4.23. The van der Waals surface area contributed by atoms with Gasteiger partial charge in [0.25, 0.3) is 0 Å². The number of nitrogens with zero attached hydrogens (tertiary/aromatic N) is 1. The van der Waals surface area contributed by atoms with Gasteiger partial charge in [0.05, 0.1) is 0 Å². The maximum absolute atomic E-state index is 2.42. The standard InChI is InChI=1S/C51H33N/c1-3-14-34(15-4-1)47-41-20-9-10-21-42(41)48(35-16-5-2-6-17-35)51-44-31-30-39(40-22-13-23-43(49(40)44)50(47)51)33-26-28-38(29-27-33)52-45-24-11-7-18-36(45)32-37-19-8-12-25-46(37)52/h1-31H,32H2. The molecular weight excluding hydrogens is 627 g/mol. The van der Waals surface area contributed by atoms with Gasteiger partial charge in [-0.1, -0.05) is 164 Å². The zero-order chi connectivity index (χ0) is 34.2. The maximum Gasteiger partial charge on any atom is 0.0497 e. The normalized spacial score (nSPS) is 12.5. The minimum Gasteiger partial charge on any atom is -0.310 e. The molecule has 52 heavy (non-hydrogen) atoms. The molecule has 0 saturated heterocycles. The lowest BCUT2D eigenvalue weighted by Gasteiger charge is -2.33. The molecule has 1 aliphatic heterocycles. The highest BCUT2D eigenvalue weighted by atomic mass is 15.2. The van der Waals surface area contributed by atoms with Crippen molar-refractivity contribution in [3.63, 3.8) is 0 Å². The van der Waals surface area contributed by atoms with Crippen molar-refractivity contribution in [3.05, 3.63) is 199 Å². The molecular formula is C51H33N. The largest absolute Gasteiger partial charge is 0.310 e. The highest BCUT2D eigenvalue weighted by Gasteiger charge is 2.31. The third-order valence-corrected chi connectivity index (χ3v) is 11.2. The van der Waals surface area contributed by atoms with Gasteiger partial charge in [-0.25, -0.2) is 0 Å². The molecule has 1 heteroatoms. The van der Waals surface area contributed by atoms with Crippen molar-refractivity contribution in [2.75, 3.05) is 4.90 Å². The van der Waals surface area contributed by atoms with E-state index in [1.165, 1.54) is 105 Å². The van der Waals surface area contributed by atoms with Crippen LogP contribution in [0.4, 0.5) is 17.1 Å². The van der Waals surface area contributed by atoms with Crippen LogP contribution in [0.5, 0.6) is 0 Å². The molecule has 242 valence electrons. The van der Waals surface area contributed by atoms with E-state index in [-0.39, 0.29) is 0 Å². The van der Waals surface area contributed by atoms with Crippen LogP contribution in [-0.2, 0) is 6.42 Å². The number of rotatable bonds is 4. The molecule has 1 heterocycles. The molecule has 9 aromatic rings.